The fraction of sp³-hybridized carbons (Fsp3) is 0.474. The molecular formula is C19H25N3O. The molecule has 1 aliphatic rings. The Morgan fingerprint density at radius 2 is 1.87 bits per heavy atom. The number of aromatic nitrogens is 2. The minimum atomic E-state index is 0.0383. The number of fused-ring (bicyclic) bond motifs is 1. The second-order valence-electron chi connectivity index (χ2n) is 6.30. The van der Waals surface area contributed by atoms with Crippen LogP contribution in [0.3, 0.4) is 0 Å². The first-order chi connectivity index (χ1) is 11.3. The summed E-state index contributed by atoms with van der Waals surface area (Å²) < 4.78 is 1.81. The number of hydrogen-bond donors (Lipinski definition) is 1. The number of rotatable bonds is 5. The van der Waals surface area contributed by atoms with Crippen molar-refractivity contribution in [3.63, 3.8) is 0 Å². The van der Waals surface area contributed by atoms with Gasteiger partial charge < -0.3 is 5.32 Å². The maximum Gasteiger partial charge on any atom is 0.241 e. The van der Waals surface area contributed by atoms with Gasteiger partial charge >= 0.3 is 0 Å². The van der Waals surface area contributed by atoms with E-state index in [1.54, 1.807) is 0 Å². The van der Waals surface area contributed by atoms with E-state index in [2.05, 4.69) is 28.7 Å². The summed E-state index contributed by atoms with van der Waals surface area (Å²) in [6.45, 7) is 0.992. The summed E-state index contributed by atoms with van der Waals surface area (Å²) in [5.74, 6) is 0.0383. The van der Waals surface area contributed by atoms with Crippen molar-refractivity contribution in [2.75, 3.05) is 6.54 Å². The average molecular weight is 311 g/mol. The molecule has 0 spiro atoms. The minimum absolute atomic E-state index is 0.0383. The molecule has 0 bridgehead atoms. The Morgan fingerprint density at radius 3 is 2.70 bits per heavy atom. The zero-order valence-corrected chi connectivity index (χ0v) is 13.6. The molecule has 1 N–H and O–H groups in total. The molecule has 1 aromatic carbocycles. The van der Waals surface area contributed by atoms with Crippen molar-refractivity contribution in [2.45, 2.75) is 51.5 Å². The third-order valence-corrected chi connectivity index (χ3v) is 4.42. The monoisotopic (exact) mass is 311 g/mol. The molecule has 4 heteroatoms. The predicted octanol–water partition coefficient (Wildman–Crippen LogP) is 2.90. The normalized spacial score (nSPS) is 14.6. The van der Waals surface area contributed by atoms with Crippen molar-refractivity contribution < 1.29 is 4.79 Å². The molecule has 1 aliphatic carbocycles. The highest BCUT2D eigenvalue weighted by atomic mass is 16.2. The van der Waals surface area contributed by atoms with Crippen LogP contribution in [0.15, 0.2) is 36.5 Å². The van der Waals surface area contributed by atoms with Gasteiger partial charge in [-0.05, 0) is 43.2 Å². The van der Waals surface area contributed by atoms with E-state index in [0.717, 1.165) is 19.3 Å². The van der Waals surface area contributed by atoms with Gasteiger partial charge in [-0.2, -0.15) is 5.10 Å². The Labute approximate surface area is 137 Å². The summed E-state index contributed by atoms with van der Waals surface area (Å²) in [6, 6.07) is 10.2. The molecule has 0 unspecified atom stereocenters. The second kappa shape index (κ2) is 7.95. The largest absolute Gasteiger partial charge is 0.354 e. The van der Waals surface area contributed by atoms with Crippen LogP contribution in [-0.2, 0) is 30.6 Å². The van der Waals surface area contributed by atoms with Crippen LogP contribution in [0.4, 0.5) is 0 Å². The number of benzene rings is 1. The third kappa shape index (κ3) is 4.68. The first-order valence-electron chi connectivity index (χ1n) is 8.67. The standard InChI is InChI=1S/C19H25N3O/c23-19(20-13-12-16-8-4-3-5-9-16)15-22-14-17-10-6-1-2-7-11-18(17)21-22/h3-5,8-9,14H,1-2,6-7,10-13,15H2,(H,20,23). The number of hydrogen-bond acceptors (Lipinski definition) is 2. The second-order valence-corrected chi connectivity index (χ2v) is 6.30. The van der Waals surface area contributed by atoms with Crippen LogP contribution in [-0.4, -0.2) is 22.2 Å². The van der Waals surface area contributed by atoms with E-state index in [4.69, 9.17) is 0 Å². The molecule has 3 rings (SSSR count). The molecule has 1 aromatic heterocycles. The van der Waals surface area contributed by atoms with Crippen LogP contribution in [0.25, 0.3) is 0 Å². The SMILES string of the molecule is O=C(Cn1cc2c(n1)CCCCCC2)NCCc1ccccc1. The molecule has 1 heterocycles. The van der Waals surface area contributed by atoms with Gasteiger partial charge in [-0.3, -0.25) is 9.48 Å². The predicted molar refractivity (Wildman–Crippen MR) is 91.3 cm³/mol. The molecule has 0 saturated carbocycles. The van der Waals surface area contributed by atoms with Crippen LogP contribution < -0.4 is 5.32 Å². The van der Waals surface area contributed by atoms with Crippen LogP contribution in [0, 0.1) is 0 Å². The average Bonchev–Trinajstić information content (AvgIpc) is 2.89. The van der Waals surface area contributed by atoms with Gasteiger partial charge in [-0.25, -0.2) is 0 Å². The first-order valence-corrected chi connectivity index (χ1v) is 8.67. The zero-order chi connectivity index (χ0) is 15.9. The van der Waals surface area contributed by atoms with Gasteiger partial charge in [0.25, 0.3) is 0 Å². The lowest BCUT2D eigenvalue weighted by atomic mass is 9.99. The van der Waals surface area contributed by atoms with E-state index in [1.165, 1.54) is 42.5 Å². The van der Waals surface area contributed by atoms with Crippen LogP contribution in [0.2, 0.25) is 0 Å². The number of amides is 1. The zero-order valence-electron chi connectivity index (χ0n) is 13.6. The number of carbonyl (C=O) groups is 1. The molecule has 1 amide bonds. The van der Waals surface area contributed by atoms with Gasteiger partial charge in [0.05, 0.1) is 5.69 Å². The van der Waals surface area contributed by atoms with Crippen molar-refractivity contribution in [2.24, 2.45) is 0 Å². The van der Waals surface area contributed by atoms with E-state index in [9.17, 15) is 4.79 Å². The molecule has 0 saturated heterocycles. The number of nitrogens with one attached hydrogen (secondary N) is 1. The molecule has 0 aliphatic heterocycles. The van der Waals surface area contributed by atoms with Gasteiger partial charge in [0.15, 0.2) is 0 Å². The topological polar surface area (TPSA) is 46.9 Å². The summed E-state index contributed by atoms with van der Waals surface area (Å²) in [7, 11) is 0. The molecule has 122 valence electrons. The number of carbonyl (C=O) groups excluding carboxylic acids is 1. The van der Waals surface area contributed by atoms with Gasteiger partial charge in [-0.15, -0.1) is 0 Å². The van der Waals surface area contributed by atoms with E-state index in [1.807, 2.05) is 22.9 Å². The molecule has 0 radical (unpaired) electrons. The van der Waals surface area contributed by atoms with Crippen LogP contribution in [0.5, 0.6) is 0 Å². The first kappa shape index (κ1) is 15.8. The Morgan fingerprint density at radius 1 is 1.09 bits per heavy atom. The Hall–Kier alpha value is -2.10. The molecular weight excluding hydrogens is 286 g/mol. The summed E-state index contributed by atoms with van der Waals surface area (Å²) in [5.41, 5.74) is 3.78. The Kier molecular flexibility index (Phi) is 5.46. The van der Waals surface area contributed by atoms with Gasteiger partial charge in [-0.1, -0.05) is 43.2 Å². The quantitative estimate of drug-likeness (QED) is 0.923. The highest BCUT2D eigenvalue weighted by molar-refractivity contribution is 5.75. The Bertz CT molecular complexity index is 608. The van der Waals surface area contributed by atoms with Crippen molar-refractivity contribution in [1.29, 1.82) is 0 Å². The summed E-state index contributed by atoms with van der Waals surface area (Å²) in [4.78, 5) is 12.1. The highest BCUT2D eigenvalue weighted by Crippen LogP contribution is 2.18. The fourth-order valence-electron chi connectivity index (χ4n) is 3.16. The third-order valence-electron chi connectivity index (χ3n) is 4.42. The lowest BCUT2D eigenvalue weighted by Gasteiger charge is -2.06. The maximum absolute atomic E-state index is 12.1. The van der Waals surface area contributed by atoms with Crippen LogP contribution >= 0.6 is 0 Å². The maximum atomic E-state index is 12.1. The lowest BCUT2D eigenvalue weighted by molar-refractivity contribution is -0.121. The van der Waals surface area contributed by atoms with Gasteiger partial charge in [0, 0.05) is 12.7 Å². The van der Waals surface area contributed by atoms with Crippen LogP contribution in [0.1, 0.15) is 42.5 Å². The molecule has 4 nitrogen and oxygen atoms in total. The van der Waals surface area contributed by atoms with Crippen molar-refractivity contribution in [1.82, 2.24) is 15.1 Å². The minimum Gasteiger partial charge on any atom is -0.354 e. The van der Waals surface area contributed by atoms with Gasteiger partial charge in [0.1, 0.15) is 6.54 Å². The van der Waals surface area contributed by atoms with Crippen molar-refractivity contribution in [3.05, 3.63) is 53.3 Å². The summed E-state index contributed by atoms with van der Waals surface area (Å²) >= 11 is 0. The number of nitrogens with zero attached hydrogens (tertiary/aromatic N) is 2. The molecule has 0 fully saturated rings. The number of aryl methyl sites for hydroxylation is 2. The van der Waals surface area contributed by atoms with E-state index >= 15 is 0 Å². The Balaban J connectivity index is 1.49. The summed E-state index contributed by atoms with van der Waals surface area (Å²) in [6.07, 6.45) is 10.1. The van der Waals surface area contributed by atoms with E-state index < -0.39 is 0 Å². The summed E-state index contributed by atoms with van der Waals surface area (Å²) in [5, 5.41) is 7.60. The van der Waals surface area contributed by atoms with Gasteiger partial charge in [0.2, 0.25) is 5.91 Å². The van der Waals surface area contributed by atoms with E-state index in [0.29, 0.717) is 13.1 Å². The van der Waals surface area contributed by atoms with Crippen molar-refractivity contribution >= 4 is 5.91 Å². The highest BCUT2D eigenvalue weighted by Gasteiger charge is 2.12. The lowest BCUT2D eigenvalue weighted by Crippen LogP contribution is -2.29. The molecule has 0 atom stereocenters. The smallest absolute Gasteiger partial charge is 0.241 e. The molecule has 23 heavy (non-hydrogen) atoms. The van der Waals surface area contributed by atoms with Crippen molar-refractivity contribution in [3.8, 4) is 0 Å². The fourth-order valence-corrected chi connectivity index (χ4v) is 3.16. The van der Waals surface area contributed by atoms with E-state index in [-0.39, 0.29) is 5.91 Å². The molecule has 2 aromatic rings.